The van der Waals surface area contributed by atoms with E-state index in [2.05, 4.69) is 5.32 Å². The average Bonchev–Trinajstić information content (AvgIpc) is 2.74. The second-order valence-corrected chi connectivity index (χ2v) is 6.60. The molecule has 0 fully saturated rings. The summed E-state index contributed by atoms with van der Waals surface area (Å²) in [6.45, 7) is -2.48. The fourth-order valence-corrected chi connectivity index (χ4v) is 2.47. The van der Waals surface area contributed by atoms with Crippen LogP contribution in [-0.2, 0) is 9.47 Å². The maximum absolute atomic E-state index is 10.1. The lowest BCUT2D eigenvalue weighted by atomic mass is 10.00. The fourth-order valence-electron chi connectivity index (χ4n) is 2.47. The van der Waals surface area contributed by atoms with Crippen molar-refractivity contribution in [2.45, 2.75) is 29.9 Å². The number of methoxy groups -OCH3 is 2. The van der Waals surface area contributed by atoms with E-state index < -0.39 is 63.1 Å². The van der Waals surface area contributed by atoms with E-state index in [1.807, 2.05) is 0 Å². The maximum Gasteiger partial charge on any atom is 0.186 e. The number of aliphatic hydroxyl groups excluding tert-OH is 7. The third-order valence-electron chi connectivity index (χ3n) is 4.68. The number of aliphatic hydroxyl groups is 7. The Hall–Kier alpha value is -0.860. The SMILES string of the molecule is COC(OC)C(O)/C=C\N(CCCNC(CO)(CO)CO)C(CO)(CO)CO. The molecule has 0 aliphatic carbocycles. The Morgan fingerprint density at radius 1 is 0.893 bits per heavy atom. The minimum Gasteiger partial charge on any atom is -0.394 e. The van der Waals surface area contributed by atoms with Crippen molar-refractivity contribution in [1.29, 1.82) is 0 Å². The number of nitrogens with zero attached hydrogens (tertiary/aromatic N) is 1. The van der Waals surface area contributed by atoms with Gasteiger partial charge in [0.1, 0.15) is 11.6 Å². The number of ether oxygens (including phenoxy) is 2. The van der Waals surface area contributed by atoms with Crippen LogP contribution < -0.4 is 5.32 Å². The zero-order valence-corrected chi connectivity index (χ0v) is 16.6. The van der Waals surface area contributed by atoms with Crippen molar-refractivity contribution < 1.29 is 45.2 Å². The molecule has 168 valence electrons. The van der Waals surface area contributed by atoms with Gasteiger partial charge in [0, 0.05) is 20.8 Å². The highest BCUT2D eigenvalue weighted by atomic mass is 16.7. The van der Waals surface area contributed by atoms with E-state index in [9.17, 15) is 35.7 Å². The second-order valence-electron chi connectivity index (χ2n) is 6.60. The average molecular weight is 412 g/mol. The molecular weight excluding hydrogens is 376 g/mol. The molecule has 0 aliphatic heterocycles. The highest BCUT2D eigenvalue weighted by Gasteiger charge is 2.34. The summed E-state index contributed by atoms with van der Waals surface area (Å²) in [5, 5.41) is 70.0. The summed E-state index contributed by atoms with van der Waals surface area (Å²) in [7, 11) is 2.73. The summed E-state index contributed by atoms with van der Waals surface area (Å²) in [6, 6.07) is 0. The first-order chi connectivity index (χ1) is 13.4. The molecule has 11 heteroatoms. The van der Waals surface area contributed by atoms with Gasteiger partial charge in [0.15, 0.2) is 6.29 Å². The first-order valence-electron chi connectivity index (χ1n) is 8.97. The molecule has 0 saturated heterocycles. The van der Waals surface area contributed by atoms with E-state index in [1.165, 1.54) is 31.4 Å². The molecule has 0 spiro atoms. The lowest BCUT2D eigenvalue weighted by Gasteiger charge is -2.40. The molecule has 0 aromatic rings. The summed E-state index contributed by atoms with van der Waals surface area (Å²) < 4.78 is 9.92. The van der Waals surface area contributed by atoms with Crippen LogP contribution in [0.25, 0.3) is 0 Å². The Morgan fingerprint density at radius 2 is 1.39 bits per heavy atom. The van der Waals surface area contributed by atoms with Gasteiger partial charge < -0.3 is 55.4 Å². The predicted molar refractivity (Wildman–Crippen MR) is 100 cm³/mol. The normalized spacial score (nSPS) is 14.2. The molecule has 0 aliphatic rings. The van der Waals surface area contributed by atoms with Crippen LogP contribution in [0.1, 0.15) is 6.42 Å². The van der Waals surface area contributed by atoms with E-state index in [1.54, 1.807) is 0 Å². The van der Waals surface area contributed by atoms with Gasteiger partial charge in [-0.1, -0.05) is 0 Å². The fraction of sp³-hybridized carbons (Fsp3) is 0.882. The van der Waals surface area contributed by atoms with Crippen LogP contribution in [0.5, 0.6) is 0 Å². The predicted octanol–water partition coefficient (Wildman–Crippen LogP) is -3.81. The lowest BCUT2D eigenvalue weighted by Crippen LogP contribution is -2.57. The van der Waals surface area contributed by atoms with E-state index in [0.717, 1.165) is 0 Å². The van der Waals surface area contributed by atoms with Crippen molar-refractivity contribution in [3.8, 4) is 0 Å². The smallest absolute Gasteiger partial charge is 0.186 e. The van der Waals surface area contributed by atoms with Gasteiger partial charge in [-0.3, -0.25) is 0 Å². The van der Waals surface area contributed by atoms with Gasteiger partial charge in [-0.2, -0.15) is 0 Å². The van der Waals surface area contributed by atoms with Crippen molar-refractivity contribution in [3.63, 3.8) is 0 Å². The van der Waals surface area contributed by atoms with Crippen LogP contribution in [0.3, 0.4) is 0 Å². The van der Waals surface area contributed by atoms with Crippen LogP contribution in [-0.4, -0.2) is 131 Å². The number of rotatable bonds is 17. The monoisotopic (exact) mass is 412 g/mol. The highest BCUT2D eigenvalue weighted by molar-refractivity contribution is 5.00. The summed E-state index contributed by atoms with van der Waals surface area (Å²) in [5.41, 5.74) is -2.59. The largest absolute Gasteiger partial charge is 0.394 e. The van der Waals surface area contributed by atoms with Crippen LogP contribution >= 0.6 is 0 Å². The zero-order valence-electron chi connectivity index (χ0n) is 16.6. The second kappa shape index (κ2) is 14.2. The van der Waals surface area contributed by atoms with Gasteiger partial charge in [0.05, 0.1) is 45.2 Å². The Bertz CT molecular complexity index is 397. The third-order valence-corrected chi connectivity index (χ3v) is 4.68. The van der Waals surface area contributed by atoms with Gasteiger partial charge in [0.2, 0.25) is 0 Å². The van der Waals surface area contributed by atoms with Gasteiger partial charge in [-0.15, -0.1) is 0 Å². The molecule has 8 N–H and O–H groups in total. The summed E-state index contributed by atoms with van der Waals surface area (Å²) in [4.78, 5) is 1.48. The summed E-state index contributed by atoms with van der Waals surface area (Å²) >= 11 is 0. The molecule has 0 aromatic carbocycles. The molecule has 0 bridgehead atoms. The van der Waals surface area contributed by atoms with Gasteiger partial charge in [-0.25, -0.2) is 0 Å². The van der Waals surface area contributed by atoms with Crippen molar-refractivity contribution in [1.82, 2.24) is 10.2 Å². The highest BCUT2D eigenvalue weighted by Crippen LogP contribution is 2.17. The summed E-state index contributed by atoms with van der Waals surface area (Å²) in [6.07, 6.45) is 1.14. The first-order valence-corrected chi connectivity index (χ1v) is 8.97. The molecule has 0 rings (SSSR count). The number of hydrogen-bond acceptors (Lipinski definition) is 11. The van der Waals surface area contributed by atoms with E-state index in [0.29, 0.717) is 6.42 Å². The zero-order chi connectivity index (χ0) is 21.6. The van der Waals surface area contributed by atoms with E-state index in [4.69, 9.17) is 9.47 Å². The molecule has 0 radical (unpaired) electrons. The Labute approximate surface area is 165 Å². The standard InChI is InChI=1S/C17H36N2O9/c1-27-15(28-2)14(26)4-7-19(17(11-23,12-24)13-25)6-3-5-18-16(8-20,9-21)10-22/h4,7,14-15,18,20-26H,3,5-6,8-13H2,1-2H3/b7-4-. The van der Waals surface area contributed by atoms with Crippen molar-refractivity contribution >= 4 is 0 Å². The van der Waals surface area contributed by atoms with Crippen LogP contribution in [0, 0.1) is 0 Å². The minimum atomic E-state index is -1.37. The summed E-state index contributed by atoms with van der Waals surface area (Å²) in [5.74, 6) is 0. The topological polar surface area (TPSA) is 175 Å². The molecule has 0 saturated carbocycles. The molecule has 0 aromatic heterocycles. The number of hydrogen-bond donors (Lipinski definition) is 8. The minimum absolute atomic E-state index is 0.237. The lowest BCUT2D eigenvalue weighted by molar-refractivity contribution is -0.150. The van der Waals surface area contributed by atoms with Crippen molar-refractivity contribution in [2.75, 3.05) is 67.0 Å². The van der Waals surface area contributed by atoms with Crippen molar-refractivity contribution in [3.05, 3.63) is 12.3 Å². The number of nitrogens with one attached hydrogen (secondary N) is 1. The quantitative estimate of drug-likeness (QED) is 0.0868. The molecular formula is C17H36N2O9. The first kappa shape index (κ1) is 27.1. The molecule has 1 unspecified atom stereocenters. The Kier molecular flexibility index (Phi) is 13.7. The van der Waals surface area contributed by atoms with Crippen LogP contribution in [0.15, 0.2) is 12.3 Å². The van der Waals surface area contributed by atoms with Gasteiger partial charge in [0.25, 0.3) is 0 Å². The maximum atomic E-state index is 10.1. The molecule has 11 nitrogen and oxygen atoms in total. The van der Waals surface area contributed by atoms with E-state index >= 15 is 0 Å². The van der Waals surface area contributed by atoms with Gasteiger partial charge in [-0.05, 0) is 25.2 Å². The van der Waals surface area contributed by atoms with Crippen molar-refractivity contribution in [2.24, 2.45) is 0 Å². The molecule has 0 amide bonds. The van der Waals surface area contributed by atoms with Crippen LogP contribution in [0.2, 0.25) is 0 Å². The molecule has 28 heavy (non-hydrogen) atoms. The third kappa shape index (κ3) is 7.52. The van der Waals surface area contributed by atoms with E-state index in [-0.39, 0.29) is 13.1 Å². The van der Waals surface area contributed by atoms with Crippen LogP contribution in [0.4, 0.5) is 0 Å². The molecule has 1 atom stereocenters. The Balaban J connectivity index is 5.16. The van der Waals surface area contributed by atoms with Gasteiger partial charge >= 0.3 is 0 Å². The Morgan fingerprint density at radius 3 is 1.79 bits per heavy atom. The molecule has 0 heterocycles.